The van der Waals surface area contributed by atoms with E-state index in [4.69, 9.17) is 0 Å². The van der Waals surface area contributed by atoms with Gasteiger partial charge in [0.1, 0.15) is 0 Å². The van der Waals surface area contributed by atoms with Gasteiger partial charge in [0.05, 0.1) is 0 Å². The molecule has 0 saturated heterocycles. The lowest BCUT2D eigenvalue weighted by Gasteiger charge is -2.03. The van der Waals surface area contributed by atoms with Crippen LogP contribution < -0.4 is 5.32 Å². The van der Waals surface area contributed by atoms with Gasteiger partial charge >= 0.3 is 0 Å². The third-order valence-electron chi connectivity index (χ3n) is 1.88. The van der Waals surface area contributed by atoms with Gasteiger partial charge in [-0.15, -0.1) is 0 Å². The molecule has 0 fully saturated rings. The van der Waals surface area contributed by atoms with Crippen LogP contribution in [0.15, 0.2) is 12.1 Å². The first kappa shape index (κ1) is 11.0. The molecule has 1 N–H and O–H groups in total. The van der Waals surface area contributed by atoms with Crippen molar-refractivity contribution in [3.63, 3.8) is 0 Å². The Kier molecular flexibility index (Phi) is 3.95. The molecule has 78 valence electrons. The molecule has 0 aliphatic rings. The summed E-state index contributed by atoms with van der Waals surface area (Å²) in [5, 5.41) is 3.01. The standard InChI is InChI=1S/C10H12F3N/c1-2-14-4-3-7-5-8(11)10(13)9(12)6-7/h5-6,14H,2-4H2,1H3. The zero-order valence-electron chi connectivity index (χ0n) is 7.91. The third-order valence-corrected chi connectivity index (χ3v) is 1.88. The van der Waals surface area contributed by atoms with Gasteiger partial charge in [0.15, 0.2) is 17.5 Å². The van der Waals surface area contributed by atoms with E-state index in [1.165, 1.54) is 0 Å². The molecule has 4 heteroatoms. The van der Waals surface area contributed by atoms with Gasteiger partial charge in [-0.1, -0.05) is 6.92 Å². The summed E-state index contributed by atoms with van der Waals surface area (Å²) in [5.74, 6) is -3.66. The molecule has 1 aromatic rings. The van der Waals surface area contributed by atoms with Crippen LogP contribution in [0.4, 0.5) is 13.2 Å². The molecule has 0 saturated carbocycles. The van der Waals surface area contributed by atoms with Crippen molar-refractivity contribution in [1.29, 1.82) is 0 Å². The van der Waals surface area contributed by atoms with E-state index in [0.29, 0.717) is 18.5 Å². The number of halogens is 3. The second-order valence-electron chi connectivity index (χ2n) is 2.98. The van der Waals surface area contributed by atoms with Crippen LogP contribution >= 0.6 is 0 Å². The number of benzene rings is 1. The molecule has 1 rings (SSSR count). The molecule has 0 spiro atoms. The Morgan fingerprint density at radius 2 is 1.71 bits per heavy atom. The lowest BCUT2D eigenvalue weighted by atomic mass is 10.1. The maximum absolute atomic E-state index is 12.7. The Morgan fingerprint density at radius 3 is 2.21 bits per heavy atom. The molecule has 1 aromatic carbocycles. The van der Waals surface area contributed by atoms with Gasteiger partial charge in [0, 0.05) is 0 Å². The van der Waals surface area contributed by atoms with Crippen LogP contribution in [0.3, 0.4) is 0 Å². The van der Waals surface area contributed by atoms with E-state index in [0.717, 1.165) is 18.7 Å². The Bertz CT molecular complexity index is 289. The predicted octanol–water partition coefficient (Wildman–Crippen LogP) is 2.26. The molecule has 0 radical (unpaired) electrons. The third kappa shape index (κ3) is 2.73. The smallest absolute Gasteiger partial charge is 0.194 e. The van der Waals surface area contributed by atoms with Crippen molar-refractivity contribution in [3.8, 4) is 0 Å². The molecule has 0 aliphatic carbocycles. The number of nitrogens with one attached hydrogen (secondary N) is 1. The van der Waals surface area contributed by atoms with Gasteiger partial charge in [0.25, 0.3) is 0 Å². The Labute approximate surface area is 80.9 Å². The van der Waals surface area contributed by atoms with Crippen LogP contribution in [-0.4, -0.2) is 13.1 Å². The van der Waals surface area contributed by atoms with Crippen LogP contribution in [-0.2, 0) is 6.42 Å². The molecule has 0 aromatic heterocycles. The van der Waals surface area contributed by atoms with Crippen molar-refractivity contribution in [2.75, 3.05) is 13.1 Å². The highest BCUT2D eigenvalue weighted by molar-refractivity contribution is 5.19. The first-order chi connectivity index (χ1) is 6.65. The summed E-state index contributed by atoms with van der Waals surface area (Å²) in [6.45, 7) is 3.36. The number of hydrogen-bond donors (Lipinski definition) is 1. The van der Waals surface area contributed by atoms with Crippen LogP contribution in [0.25, 0.3) is 0 Å². The van der Waals surface area contributed by atoms with E-state index in [1.54, 1.807) is 0 Å². The first-order valence-corrected chi connectivity index (χ1v) is 4.49. The fourth-order valence-corrected chi connectivity index (χ4v) is 1.16. The summed E-state index contributed by atoms with van der Waals surface area (Å²) in [7, 11) is 0. The average Bonchev–Trinajstić information content (AvgIpc) is 2.14. The summed E-state index contributed by atoms with van der Waals surface area (Å²) in [5.41, 5.74) is 0.461. The second-order valence-corrected chi connectivity index (χ2v) is 2.98. The molecule has 14 heavy (non-hydrogen) atoms. The van der Waals surface area contributed by atoms with Gasteiger partial charge in [-0.25, -0.2) is 13.2 Å². The number of likely N-dealkylation sites (N-methyl/N-ethyl adjacent to an activating group) is 1. The van der Waals surface area contributed by atoms with Crippen LogP contribution in [0.2, 0.25) is 0 Å². The topological polar surface area (TPSA) is 12.0 Å². The molecule has 0 bridgehead atoms. The maximum atomic E-state index is 12.7. The van der Waals surface area contributed by atoms with Gasteiger partial charge in [-0.05, 0) is 37.2 Å². The van der Waals surface area contributed by atoms with Gasteiger partial charge in [-0.2, -0.15) is 0 Å². The van der Waals surface area contributed by atoms with Gasteiger partial charge in [-0.3, -0.25) is 0 Å². The fraction of sp³-hybridized carbons (Fsp3) is 0.400. The molecular weight excluding hydrogens is 191 g/mol. The minimum absolute atomic E-state index is 0.461. The second kappa shape index (κ2) is 5.00. The van der Waals surface area contributed by atoms with E-state index in [1.807, 2.05) is 6.92 Å². The van der Waals surface area contributed by atoms with Crippen molar-refractivity contribution >= 4 is 0 Å². The molecule has 0 amide bonds. The predicted molar refractivity (Wildman–Crippen MR) is 48.6 cm³/mol. The normalized spacial score (nSPS) is 10.6. The molecule has 0 atom stereocenters. The molecule has 0 aliphatic heterocycles. The molecular formula is C10H12F3N. The first-order valence-electron chi connectivity index (χ1n) is 4.49. The molecule has 0 heterocycles. The number of hydrogen-bond acceptors (Lipinski definition) is 1. The van der Waals surface area contributed by atoms with E-state index >= 15 is 0 Å². The minimum atomic E-state index is -1.41. The van der Waals surface area contributed by atoms with E-state index in [9.17, 15) is 13.2 Å². The average molecular weight is 203 g/mol. The van der Waals surface area contributed by atoms with E-state index < -0.39 is 17.5 Å². The van der Waals surface area contributed by atoms with Crippen LogP contribution in [0.1, 0.15) is 12.5 Å². The van der Waals surface area contributed by atoms with Crippen molar-refractivity contribution in [2.45, 2.75) is 13.3 Å². The highest BCUT2D eigenvalue weighted by Crippen LogP contribution is 2.13. The van der Waals surface area contributed by atoms with Crippen molar-refractivity contribution in [2.24, 2.45) is 0 Å². The van der Waals surface area contributed by atoms with E-state index in [2.05, 4.69) is 5.32 Å². The Morgan fingerprint density at radius 1 is 1.14 bits per heavy atom. The van der Waals surface area contributed by atoms with E-state index in [-0.39, 0.29) is 0 Å². The summed E-state index contributed by atoms with van der Waals surface area (Å²) >= 11 is 0. The van der Waals surface area contributed by atoms with Crippen LogP contribution in [0.5, 0.6) is 0 Å². The lowest BCUT2D eigenvalue weighted by molar-refractivity contribution is 0.445. The Hall–Kier alpha value is -1.03. The summed E-state index contributed by atoms with van der Waals surface area (Å²) in [4.78, 5) is 0. The molecule has 1 nitrogen and oxygen atoms in total. The summed E-state index contributed by atoms with van der Waals surface area (Å²) in [6, 6.07) is 2.05. The van der Waals surface area contributed by atoms with Gasteiger partial charge < -0.3 is 5.32 Å². The van der Waals surface area contributed by atoms with Crippen LogP contribution in [0, 0.1) is 17.5 Å². The lowest BCUT2D eigenvalue weighted by Crippen LogP contribution is -2.16. The Balaban J connectivity index is 2.69. The quantitative estimate of drug-likeness (QED) is 0.584. The SMILES string of the molecule is CCNCCc1cc(F)c(F)c(F)c1. The minimum Gasteiger partial charge on any atom is -0.317 e. The highest BCUT2D eigenvalue weighted by atomic mass is 19.2. The van der Waals surface area contributed by atoms with Crippen molar-refractivity contribution in [1.82, 2.24) is 5.32 Å². The van der Waals surface area contributed by atoms with Crippen molar-refractivity contribution in [3.05, 3.63) is 35.1 Å². The molecule has 0 unspecified atom stereocenters. The highest BCUT2D eigenvalue weighted by Gasteiger charge is 2.09. The monoisotopic (exact) mass is 203 g/mol. The number of rotatable bonds is 4. The largest absolute Gasteiger partial charge is 0.317 e. The van der Waals surface area contributed by atoms with Crippen molar-refractivity contribution < 1.29 is 13.2 Å². The summed E-state index contributed by atoms with van der Waals surface area (Å²) in [6.07, 6.45) is 0.488. The maximum Gasteiger partial charge on any atom is 0.194 e. The fourth-order valence-electron chi connectivity index (χ4n) is 1.16. The van der Waals surface area contributed by atoms with Gasteiger partial charge in [0.2, 0.25) is 0 Å². The zero-order valence-corrected chi connectivity index (χ0v) is 7.91. The summed E-state index contributed by atoms with van der Waals surface area (Å²) < 4.78 is 38.0. The zero-order chi connectivity index (χ0) is 10.6.